The molecule has 0 rings (SSSR count). The molecule has 0 heterocycles. The lowest BCUT2D eigenvalue weighted by molar-refractivity contribution is -0.150. The maximum atomic E-state index is 12.6. The summed E-state index contributed by atoms with van der Waals surface area (Å²) >= 11 is 0. The number of carbonyl (C=O) groups is 1. The minimum Gasteiger partial charge on any atom is -0.462 e. The first-order chi connectivity index (χ1) is 23.1. The van der Waals surface area contributed by atoms with Gasteiger partial charge in [0.2, 0.25) is 0 Å². The van der Waals surface area contributed by atoms with E-state index >= 15 is 0 Å². The SMILES string of the molecule is CCCC#CCC#CCC#CCCCCCCCC(CCCCCCCCCCCCCCCCCC)OC(=O)CCCCN(C)C. The molecule has 0 saturated carbocycles. The highest BCUT2D eigenvalue weighted by molar-refractivity contribution is 5.69. The van der Waals surface area contributed by atoms with E-state index in [1.54, 1.807) is 0 Å². The lowest BCUT2D eigenvalue weighted by Crippen LogP contribution is -2.19. The smallest absolute Gasteiger partial charge is 0.306 e. The fourth-order valence-corrected chi connectivity index (χ4v) is 5.88. The summed E-state index contributed by atoms with van der Waals surface area (Å²) in [5.41, 5.74) is 0. The molecule has 0 aliphatic heterocycles. The van der Waals surface area contributed by atoms with Gasteiger partial charge in [-0.25, -0.2) is 0 Å². The molecule has 0 aliphatic carbocycles. The van der Waals surface area contributed by atoms with Gasteiger partial charge >= 0.3 is 5.97 Å². The fourth-order valence-electron chi connectivity index (χ4n) is 5.88. The Balaban J connectivity index is 4.05. The van der Waals surface area contributed by atoms with Gasteiger partial charge in [0, 0.05) is 19.3 Å². The molecule has 270 valence electrons. The third kappa shape index (κ3) is 38.4. The Morgan fingerprint density at radius 3 is 1.38 bits per heavy atom. The van der Waals surface area contributed by atoms with Crippen LogP contribution in [0.15, 0.2) is 0 Å². The number of esters is 1. The maximum Gasteiger partial charge on any atom is 0.306 e. The second-order valence-electron chi connectivity index (χ2n) is 13.9. The molecule has 3 nitrogen and oxygen atoms in total. The molecule has 1 unspecified atom stereocenters. The lowest BCUT2D eigenvalue weighted by Gasteiger charge is -2.18. The van der Waals surface area contributed by atoms with Crippen molar-refractivity contribution in [3.63, 3.8) is 0 Å². The van der Waals surface area contributed by atoms with Crippen LogP contribution in [0.3, 0.4) is 0 Å². The molecule has 0 saturated heterocycles. The molecule has 0 aromatic heterocycles. The van der Waals surface area contributed by atoms with Gasteiger partial charge in [-0.1, -0.05) is 153 Å². The van der Waals surface area contributed by atoms with Crippen molar-refractivity contribution < 1.29 is 9.53 Å². The van der Waals surface area contributed by atoms with Crippen molar-refractivity contribution in [3.8, 4) is 35.5 Å². The van der Waals surface area contributed by atoms with E-state index in [2.05, 4.69) is 68.4 Å². The average molecular weight is 652 g/mol. The lowest BCUT2D eigenvalue weighted by atomic mass is 10.0. The largest absolute Gasteiger partial charge is 0.462 e. The highest BCUT2D eigenvalue weighted by atomic mass is 16.5. The molecule has 0 aromatic rings. The number of rotatable bonds is 31. The number of unbranched alkanes of at least 4 members (excludes halogenated alkanes) is 22. The molecular weight excluding hydrogens is 574 g/mol. The number of hydrogen-bond acceptors (Lipinski definition) is 3. The van der Waals surface area contributed by atoms with Crippen molar-refractivity contribution in [1.82, 2.24) is 4.90 Å². The van der Waals surface area contributed by atoms with Crippen molar-refractivity contribution in [2.45, 2.75) is 219 Å². The monoisotopic (exact) mass is 652 g/mol. The van der Waals surface area contributed by atoms with E-state index in [-0.39, 0.29) is 12.1 Å². The molecule has 0 aromatic carbocycles. The Kier molecular flexibility index (Phi) is 37.0. The summed E-state index contributed by atoms with van der Waals surface area (Å²) in [6.07, 6.45) is 37.2. The van der Waals surface area contributed by atoms with Crippen LogP contribution in [0.1, 0.15) is 213 Å². The summed E-state index contributed by atoms with van der Waals surface area (Å²) in [4.78, 5) is 14.8. The molecule has 0 bridgehead atoms. The molecule has 47 heavy (non-hydrogen) atoms. The molecule has 0 amide bonds. The number of hydrogen-bond donors (Lipinski definition) is 0. The summed E-state index contributed by atoms with van der Waals surface area (Å²) in [7, 11) is 4.17. The van der Waals surface area contributed by atoms with Gasteiger partial charge in [0.1, 0.15) is 6.10 Å². The van der Waals surface area contributed by atoms with Crippen LogP contribution in [0.25, 0.3) is 0 Å². The van der Waals surface area contributed by atoms with Crippen LogP contribution < -0.4 is 0 Å². The van der Waals surface area contributed by atoms with Crippen LogP contribution in [0.2, 0.25) is 0 Å². The molecule has 3 heteroatoms. The third-order valence-electron chi connectivity index (χ3n) is 8.85. The van der Waals surface area contributed by atoms with Gasteiger partial charge in [0.25, 0.3) is 0 Å². The maximum absolute atomic E-state index is 12.6. The molecule has 0 fully saturated rings. The first-order valence-corrected chi connectivity index (χ1v) is 20.3. The van der Waals surface area contributed by atoms with Gasteiger partial charge in [-0.3, -0.25) is 4.79 Å². The summed E-state index contributed by atoms with van der Waals surface area (Å²) in [6, 6.07) is 0. The minimum absolute atomic E-state index is 0.0120. The van der Waals surface area contributed by atoms with E-state index in [0.29, 0.717) is 19.3 Å². The standard InChI is InChI=1S/C44H77NO2/c1-5-7-9-11-13-15-17-19-21-23-25-27-29-31-33-35-39-43(47-44(46)41-37-38-42-45(3)4)40-36-34-32-30-28-26-24-22-20-18-16-14-12-10-8-6-2/h43H,5-9,11,13-15,17,19-21,23,25-42H2,1-4H3. The van der Waals surface area contributed by atoms with Gasteiger partial charge in [0.05, 0.1) is 12.8 Å². The Morgan fingerprint density at radius 1 is 0.489 bits per heavy atom. The highest BCUT2D eigenvalue weighted by Gasteiger charge is 2.14. The van der Waals surface area contributed by atoms with Crippen LogP contribution in [-0.2, 0) is 9.53 Å². The van der Waals surface area contributed by atoms with Crippen LogP contribution in [0.4, 0.5) is 0 Å². The van der Waals surface area contributed by atoms with Crippen LogP contribution in [0.5, 0.6) is 0 Å². The Bertz CT molecular complexity index is 859. The van der Waals surface area contributed by atoms with Gasteiger partial charge in [-0.2, -0.15) is 0 Å². The van der Waals surface area contributed by atoms with E-state index in [9.17, 15) is 4.79 Å². The Hall–Kier alpha value is -1.89. The van der Waals surface area contributed by atoms with E-state index in [1.165, 1.54) is 122 Å². The van der Waals surface area contributed by atoms with Crippen LogP contribution in [0, 0.1) is 35.5 Å². The topological polar surface area (TPSA) is 29.5 Å². The fraction of sp³-hybridized carbons (Fsp3) is 0.841. The Morgan fingerprint density at radius 2 is 0.915 bits per heavy atom. The number of nitrogens with zero attached hydrogens (tertiary/aromatic N) is 1. The second-order valence-corrected chi connectivity index (χ2v) is 13.9. The van der Waals surface area contributed by atoms with Crippen molar-refractivity contribution in [2.75, 3.05) is 20.6 Å². The first kappa shape index (κ1) is 45.1. The summed E-state index contributed by atoms with van der Waals surface area (Å²) in [5, 5.41) is 0. The summed E-state index contributed by atoms with van der Waals surface area (Å²) < 4.78 is 6.02. The van der Waals surface area contributed by atoms with Crippen molar-refractivity contribution in [3.05, 3.63) is 0 Å². The predicted octanol–water partition coefficient (Wildman–Crippen LogP) is 12.6. The van der Waals surface area contributed by atoms with Gasteiger partial charge in [0.15, 0.2) is 0 Å². The van der Waals surface area contributed by atoms with E-state index in [0.717, 1.165) is 64.3 Å². The first-order valence-electron chi connectivity index (χ1n) is 20.3. The zero-order valence-corrected chi connectivity index (χ0v) is 32.0. The summed E-state index contributed by atoms with van der Waals surface area (Å²) in [5.74, 6) is 18.9. The van der Waals surface area contributed by atoms with Crippen LogP contribution >= 0.6 is 0 Å². The number of carbonyl (C=O) groups excluding carboxylic acids is 1. The third-order valence-corrected chi connectivity index (χ3v) is 8.85. The van der Waals surface area contributed by atoms with E-state index in [4.69, 9.17) is 4.74 Å². The minimum atomic E-state index is 0.0120. The van der Waals surface area contributed by atoms with Gasteiger partial charge < -0.3 is 9.64 Å². The summed E-state index contributed by atoms with van der Waals surface area (Å²) in [6.45, 7) is 5.47. The molecule has 0 N–H and O–H groups in total. The van der Waals surface area contributed by atoms with Gasteiger partial charge in [-0.05, 0) is 72.0 Å². The Labute approximate surface area is 294 Å². The van der Waals surface area contributed by atoms with Crippen molar-refractivity contribution in [2.24, 2.45) is 0 Å². The average Bonchev–Trinajstić information content (AvgIpc) is 3.06. The predicted molar refractivity (Wildman–Crippen MR) is 206 cm³/mol. The quantitative estimate of drug-likeness (QED) is 0.0424. The highest BCUT2D eigenvalue weighted by Crippen LogP contribution is 2.19. The van der Waals surface area contributed by atoms with Crippen molar-refractivity contribution >= 4 is 5.97 Å². The molecule has 0 aliphatic rings. The molecular formula is C44H77NO2. The zero-order valence-electron chi connectivity index (χ0n) is 32.0. The van der Waals surface area contributed by atoms with Crippen LogP contribution in [-0.4, -0.2) is 37.6 Å². The normalized spacial score (nSPS) is 11.3. The molecule has 0 radical (unpaired) electrons. The number of ether oxygens (including phenoxy) is 1. The van der Waals surface area contributed by atoms with E-state index in [1.807, 2.05) is 0 Å². The van der Waals surface area contributed by atoms with Gasteiger partial charge in [-0.15, -0.1) is 11.8 Å². The molecule has 1 atom stereocenters. The molecule has 0 spiro atoms. The zero-order chi connectivity index (χ0) is 34.3. The second kappa shape index (κ2) is 38.6. The van der Waals surface area contributed by atoms with E-state index < -0.39 is 0 Å². The van der Waals surface area contributed by atoms with Crippen molar-refractivity contribution in [1.29, 1.82) is 0 Å².